The van der Waals surface area contributed by atoms with E-state index in [1.165, 1.54) is 20.3 Å². The summed E-state index contributed by atoms with van der Waals surface area (Å²) in [6.45, 7) is 0. The normalized spacial score (nSPS) is 13.6. The van der Waals surface area contributed by atoms with E-state index in [-0.39, 0.29) is 5.56 Å². The van der Waals surface area contributed by atoms with Crippen LogP contribution in [0.1, 0.15) is 15.9 Å². The molecule has 0 amide bonds. The van der Waals surface area contributed by atoms with Gasteiger partial charge in [0.25, 0.3) is 0 Å². The molecule has 4 heteroatoms. The highest BCUT2D eigenvalue weighted by Crippen LogP contribution is 2.34. The molecule has 0 unspecified atom stereocenters. The zero-order chi connectivity index (χ0) is 11.7. The van der Waals surface area contributed by atoms with Crippen LogP contribution in [0.15, 0.2) is 18.2 Å². The van der Waals surface area contributed by atoms with Crippen molar-refractivity contribution in [3.05, 3.63) is 29.3 Å². The number of carbonyl (C=O) groups excluding carboxylic acids is 2. The largest absolute Gasteiger partial charge is 0.496 e. The van der Waals surface area contributed by atoms with Gasteiger partial charge in [0.05, 0.1) is 19.8 Å². The predicted molar refractivity (Wildman–Crippen MR) is 57.9 cm³/mol. The first-order valence-electron chi connectivity index (χ1n) is 4.70. The topological polar surface area (TPSA) is 52.6 Å². The standard InChI is InChI=1S/C12H10O4/c1-15-9-5-6-10(16-2)11-7(9)3-4-8(13)12(11)14/h3-6H,1-2H3. The van der Waals surface area contributed by atoms with Crippen LogP contribution in [-0.4, -0.2) is 25.8 Å². The molecule has 0 N–H and O–H groups in total. The van der Waals surface area contributed by atoms with E-state index in [4.69, 9.17) is 9.47 Å². The van der Waals surface area contributed by atoms with Crippen molar-refractivity contribution in [3.63, 3.8) is 0 Å². The van der Waals surface area contributed by atoms with E-state index in [9.17, 15) is 9.59 Å². The van der Waals surface area contributed by atoms with Crippen LogP contribution in [0, 0.1) is 0 Å². The van der Waals surface area contributed by atoms with E-state index in [1.807, 2.05) is 0 Å². The van der Waals surface area contributed by atoms with Crippen LogP contribution in [0.25, 0.3) is 6.08 Å². The van der Waals surface area contributed by atoms with Gasteiger partial charge in [0.2, 0.25) is 11.6 Å². The Balaban J connectivity index is 2.73. The molecule has 1 aliphatic rings. The summed E-state index contributed by atoms with van der Waals surface area (Å²) in [6, 6.07) is 3.31. The summed E-state index contributed by atoms with van der Waals surface area (Å²) in [5, 5.41) is 0. The third-order valence-electron chi connectivity index (χ3n) is 2.46. The van der Waals surface area contributed by atoms with E-state index < -0.39 is 11.6 Å². The highest BCUT2D eigenvalue weighted by atomic mass is 16.5. The first kappa shape index (κ1) is 10.4. The molecule has 1 aromatic rings. The minimum absolute atomic E-state index is 0.273. The van der Waals surface area contributed by atoms with Crippen LogP contribution in [-0.2, 0) is 4.79 Å². The smallest absolute Gasteiger partial charge is 0.237 e. The van der Waals surface area contributed by atoms with Gasteiger partial charge in [-0.05, 0) is 24.3 Å². The summed E-state index contributed by atoms with van der Waals surface area (Å²) in [4.78, 5) is 23.0. The zero-order valence-corrected chi connectivity index (χ0v) is 8.94. The number of hydrogen-bond donors (Lipinski definition) is 0. The van der Waals surface area contributed by atoms with Gasteiger partial charge in [-0.15, -0.1) is 0 Å². The minimum atomic E-state index is -0.562. The van der Waals surface area contributed by atoms with E-state index in [2.05, 4.69) is 0 Å². The SMILES string of the molecule is COc1ccc(OC)c2c1C=CC(=O)C2=O. The van der Waals surface area contributed by atoms with Crippen molar-refractivity contribution in [2.75, 3.05) is 14.2 Å². The lowest BCUT2D eigenvalue weighted by atomic mass is 9.93. The molecule has 0 radical (unpaired) electrons. The number of benzene rings is 1. The van der Waals surface area contributed by atoms with Crippen molar-refractivity contribution in [1.29, 1.82) is 0 Å². The van der Waals surface area contributed by atoms with Crippen molar-refractivity contribution in [3.8, 4) is 11.5 Å². The maximum absolute atomic E-state index is 11.7. The predicted octanol–water partition coefficient (Wildman–Crippen LogP) is 1.48. The van der Waals surface area contributed by atoms with Crippen LogP contribution in [0.3, 0.4) is 0 Å². The number of Topliss-reactive ketones (excluding diaryl/α,β-unsaturated/α-hetero) is 1. The van der Waals surface area contributed by atoms with Gasteiger partial charge in [0.15, 0.2) is 0 Å². The minimum Gasteiger partial charge on any atom is -0.496 e. The number of allylic oxidation sites excluding steroid dienone is 1. The molecule has 0 fully saturated rings. The maximum atomic E-state index is 11.7. The lowest BCUT2D eigenvalue weighted by Gasteiger charge is -2.15. The number of ketones is 2. The molecule has 0 heterocycles. The second-order valence-corrected chi connectivity index (χ2v) is 3.29. The van der Waals surface area contributed by atoms with Gasteiger partial charge in [0.1, 0.15) is 11.5 Å². The highest BCUT2D eigenvalue weighted by Gasteiger charge is 2.27. The molecule has 0 spiro atoms. The van der Waals surface area contributed by atoms with E-state index in [0.717, 1.165) is 0 Å². The Morgan fingerprint density at radius 2 is 1.56 bits per heavy atom. The Morgan fingerprint density at radius 1 is 0.938 bits per heavy atom. The van der Waals surface area contributed by atoms with Gasteiger partial charge in [-0.25, -0.2) is 0 Å². The van der Waals surface area contributed by atoms with Gasteiger partial charge in [0, 0.05) is 5.56 Å². The first-order valence-corrected chi connectivity index (χ1v) is 4.70. The molecule has 1 aromatic carbocycles. The van der Waals surface area contributed by atoms with Crippen molar-refractivity contribution in [2.45, 2.75) is 0 Å². The maximum Gasteiger partial charge on any atom is 0.237 e. The number of methoxy groups -OCH3 is 2. The molecule has 1 aliphatic carbocycles. The second kappa shape index (κ2) is 3.81. The Morgan fingerprint density at radius 3 is 2.19 bits per heavy atom. The van der Waals surface area contributed by atoms with Crippen molar-refractivity contribution in [1.82, 2.24) is 0 Å². The quantitative estimate of drug-likeness (QED) is 0.705. The van der Waals surface area contributed by atoms with Gasteiger partial charge in [-0.2, -0.15) is 0 Å². The Kier molecular flexibility index (Phi) is 2.48. The lowest BCUT2D eigenvalue weighted by molar-refractivity contribution is -0.110. The molecule has 16 heavy (non-hydrogen) atoms. The van der Waals surface area contributed by atoms with Gasteiger partial charge >= 0.3 is 0 Å². The number of ether oxygens (including phenoxy) is 2. The average Bonchev–Trinajstić information content (AvgIpc) is 2.32. The Hall–Kier alpha value is -2.10. The molecule has 4 nitrogen and oxygen atoms in total. The van der Waals surface area contributed by atoms with Crippen molar-refractivity contribution in [2.24, 2.45) is 0 Å². The zero-order valence-electron chi connectivity index (χ0n) is 8.94. The van der Waals surface area contributed by atoms with Crippen LogP contribution in [0.4, 0.5) is 0 Å². The fourth-order valence-electron chi connectivity index (χ4n) is 1.69. The number of fused-ring (bicyclic) bond motifs is 1. The molecule has 0 aliphatic heterocycles. The molecule has 0 atom stereocenters. The van der Waals surface area contributed by atoms with Crippen molar-refractivity contribution < 1.29 is 19.1 Å². The van der Waals surface area contributed by atoms with Gasteiger partial charge in [-0.1, -0.05) is 0 Å². The Bertz CT molecular complexity index is 500. The molecule has 0 aromatic heterocycles. The average molecular weight is 218 g/mol. The molecular weight excluding hydrogens is 208 g/mol. The first-order chi connectivity index (χ1) is 7.69. The summed E-state index contributed by atoms with van der Waals surface area (Å²) >= 11 is 0. The fraction of sp³-hybridized carbons (Fsp3) is 0.167. The van der Waals surface area contributed by atoms with E-state index in [1.54, 1.807) is 18.2 Å². The number of rotatable bonds is 2. The van der Waals surface area contributed by atoms with Crippen LogP contribution < -0.4 is 9.47 Å². The molecule has 0 bridgehead atoms. The summed E-state index contributed by atoms with van der Waals surface area (Å²) < 4.78 is 10.2. The summed E-state index contributed by atoms with van der Waals surface area (Å²) in [5.74, 6) is -0.168. The van der Waals surface area contributed by atoms with Gasteiger partial charge in [-0.3, -0.25) is 9.59 Å². The highest BCUT2D eigenvalue weighted by molar-refractivity contribution is 6.50. The molecule has 0 saturated heterocycles. The number of hydrogen-bond acceptors (Lipinski definition) is 4. The molecule has 2 rings (SSSR count). The van der Waals surface area contributed by atoms with Crippen molar-refractivity contribution >= 4 is 17.6 Å². The monoisotopic (exact) mass is 218 g/mol. The van der Waals surface area contributed by atoms with Crippen LogP contribution in [0.5, 0.6) is 11.5 Å². The van der Waals surface area contributed by atoms with Crippen LogP contribution in [0.2, 0.25) is 0 Å². The van der Waals surface area contributed by atoms with Gasteiger partial charge < -0.3 is 9.47 Å². The van der Waals surface area contributed by atoms with E-state index in [0.29, 0.717) is 17.1 Å². The molecular formula is C12H10O4. The molecule has 82 valence electrons. The third kappa shape index (κ3) is 1.39. The second-order valence-electron chi connectivity index (χ2n) is 3.29. The summed E-state index contributed by atoms with van der Waals surface area (Å²) in [7, 11) is 2.97. The Labute approximate surface area is 92.5 Å². The lowest BCUT2D eigenvalue weighted by Crippen LogP contribution is -2.17. The fourth-order valence-corrected chi connectivity index (χ4v) is 1.69. The van der Waals surface area contributed by atoms with E-state index >= 15 is 0 Å². The number of carbonyl (C=O) groups is 2. The summed E-state index contributed by atoms with van der Waals surface area (Å²) in [5.41, 5.74) is 0.862. The molecule has 0 saturated carbocycles. The summed E-state index contributed by atoms with van der Waals surface area (Å²) in [6.07, 6.45) is 2.81. The van der Waals surface area contributed by atoms with Crippen LogP contribution >= 0.6 is 0 Å². The third-order valence-corrected chi connectivity index (χ3v) is 2.46.